The van der Waals surface area contributed by atoms with Crippen LogP contribution in [-0.2, 0) is 4.74 Å². The van der Waals surface area contributed by atoms with Crippen LogP contribution in [0.25, 0.3) is 0 Å². The lowest BCUT2D eigenvalue weighted by Gasteiger charge is -2.37. The maximum Gasteiger partial charge on any atom is 0.193 e. The van der Waals surface area contributed by atoms with Gasteiger partial charge in [0.25, 0.3) is 0 Å². The Balaban J connectivity index is 0.00000225. The maximum absolute atomic E-state index is 13.0. The number of ether oxygens (including phenoxy) is 1. The Morgan fingerprint density at radius 2 is 1.96 bits per heavy atom. The zero-order valence-corrected chi connectivity index (χ0v) is 17.1. The molecule has 2 fully saturated rings. The molecule has 0 aromatic heterocycles. The molecule has 2 saturated heterocycles. The van der Waals surface area contributed by atoms with Crippen LogP contribution >= 0.6 is 24.0 Å². The Morgan fingerprint density at radius 3 is 2.56 bits per heavy atom. The third-order valence-electron chi connectivity index (χ3n) is 4.76. The first-order valence-electron chi connectivity index (χ1n) is 8.84. The van der Waals surface area contributed by atoms with E-state index in [4.69, 9.17) is 4.74 Å². The number of hydrogen-bond donors (Lipinski definition) is 1. The van der Waals surface area contributed by atoms with Gasteiger partial charge in [-0.15, -0.1) is 24.0 Å². The van der Waals surface area contributed by atoms with Gasteiger partial charge >= 0.3 is 0 Å². The quantitative estimate of drug-likeness (QED) is 0.425. The van der Waals surface area contributed by atoms with Gasteiger partial charge in [0.1, 0.15) is 5.82 Å². The van der Waals surface area contributed by atoms with E-state index < -0.39 is 0 Å². The summed E-state index contributed by atoms with van der Waals surface area (Å²) in [5, 5.41) is 3.46. The van der Waals surface area contributed by atoms with E-state index in [1.807, 2.05) is 19.2 Å². The van der Waals surface area contributed by atoms with Crippen LogP contribution in [0.2, 0.25) is 0 Å². The van der Waals surface area contributed by atoms with Crippen LogP contribution in [0.3, 0.4) is 0 Å². The van der Waals surface area contributed by atoms with Gasteiger partial charge in [0.15, 0.2) is 5.96 Å². The van der Waals surface area contributed by atoms with Crippen molar-refractivity contribution in [3.63, 3.8) is 0 Å². The third kappa shape index (κ3) is 5.70. The standard InChI is InChI=1S/C18H27FN4O.HI/c1-20-18(21-9-8-17-3-2-14-24-17)23-12-10-22(11-13-23)16-6-4-15(19)5-7-16;/h4-7,17H,2-3,8-14H2,1H3,(H,20,21);1H. The van der Waals surface area contributed by atoms with Crippen molar-refractivity contribution >= 4 is 35.6 Å². The largest absolute Gasteiger partial charge is 0.378 e. The van der Waals surface area contributed by atoms with Gasteiger partial charge in [-0.05, 0) is 43.5 Å². The number of nitrogens with zero attached hydrogens (tertiary/aromatic N) is 3. The van der Waals surface area contributed by atoms with E-state index in [1.165, 1.54) is 25.0 Å². The fourth-order valence-electron chi connectivity index (χ4n) is 3.38. The van der Waals surface area contributed by atoms with E-state index in [1.54, 1.807) is 0 Å². The smallest absolute Gasteiger partial charge is 0.193 e. The SMILES string of the molecule is CN=C(NCCC1CCCO1)N1CCN(c2ccc(F)cc2)CC1.I. The second-order valence-corrected chi connectivity index (χ2v) is 6.35. The molecule has 0 amide bonds. The maximum atomic E-state index is 13.0. The van der Waals surface area contributed by atoms with Crippen molar-refractivity contribution in [2.24, 2.45) is 4.99 Å². The molecule has 140 valence electrons. The van der Waals surface area contributed by atoms with Crippen molar-refractivity contribution in [3.05, 3.63) is 30.1 Å². The number of benzene rings is 1. The monoisotopic (exact) mass is 462 g/mol. The lowest BCUT2D eigenvalue weighted by atomic mass is 10.2. The van der Waals surface area contributed by atoms with Gasteiger partial charge in [-0.2, -0.15) is 0 Å². The van der Waals surface area contributed by atoms with E-state index >= 15 is 0 Å². The average molecular weight is 462 g/mol. The second-order valence-electron chi connectivity index (χ2n) is 6.35. The first kappa shape index (κ1) is 20.2. The highest BCUT2D eigenvalue weighted by molar-refractivity contribution is 14.0. The predicted octanol–water partition coefficient (Wildman–Crippen LogP) is 2.71. The van der Waals surface area contributed by atoms with Gasteiger partial charge in [0, 0.05) is 52.1 Å². The van der Waals surface area contributed by atoms with E-state index in [9.17, 15) is 4.39 Å². The third-order valence-corrected chi connectivity index (χ3v) is 4.76. The minimum atomic E-state index is -0.187. The zero-order valence-electron chi connectivity index (χ0n) is 14.8. The molecular weight excluding hydrogens is 434 g/mol. The Bertz CT molecular complexity index is 541. The molecular formula is C18H28FIN4O. The number of guanidine groups is 1. The van der Waals surface area contributed by atoms with Crippen LogP contribution in [0.1, 0.15) is 19.3 Å². The molecule has 1 atom stereocenters. The fraction of sp³-hybridized carbons (Fsp3) is 0.611. The zero-order chi connectivity index (χ0) is 16.8. The predicted molar refractivity (Wildman–Crippen MR) is 111 cm³/mol. The Kier molecular flexibility index (Phi) is 8.21. The number of hydrogen-bond acceptors (Lipinski definition) is 3. The minimum absolute atomic E-state index is 0. The van der Waals surface area contributed by atoms with Crippen molar-refractivity contribution in [1.29, 1.82) is 0 Å². The highest BCUT2D eigenvalue weighted by Gasteiger charge is 2.20. The number of anilines is 1. The van der Waals surface area contributed by atoms with Gasteiger partial charge in [0.05, 0.1) is 6.10 Å². The Labute approximate surface area is 166 Å². The first-order valence-corrected chi connectivity index (χ1v) is 8.84. The van der Waals surface area contributed by atoms with Crippen molar-refractivity contribution in [3.8, 4) is 0 Å². The van der Waals surface area contributed by atoms with E-state index in [0.717, 1.165) is 57.4 Å². The summed E-state index contributed by atoms with van der Waals surface area (Å²) in [5.41, 5.74) is 1.08. The molecule has 2 aliphatic heterocycles. The second kappa shape index (κ2) is 10.2. The molecule has 2 heterocycles. The molecule has 0 saturated carbocycles. The van der Waals surface area contributed by atoms with Crippen LogP contribution in [0, 0.1) is 5.82 Å². The highest BCUT2D eigenvalue weighted by Crippen LogP contribution is 2.17. The summed E-state index contributed by atoms with van der Waals surface area (Å²) in [6.07, 6.45) is 3.81. The first-order chi connectivity index (χ1) is 11.8. The molecule has 1 aromatic carbocycles. The fourth-order valence-corrected chi connectivity index (χ4v) is 3.38. The molecule has 0 radical (unpaired) electrons. The highest BCUT2D eigenvalue weighted by atomic mass is 127. The molecule has 0 spiro atoms. The molecule has 25 heavy (non-hydrogen) atoms. The van der Waals surface area contributed by atoms with Crippen LogP contribution in [0.15, 0.2) is 29.3 Å². The van der Waals surface area contributed by atoms with Gasteiger partial charge in [0.2, 0.25) is 0 Å². The lowest BCUT2D eigenvalue weighted by molar-refractivity contribution is 0.105. The van der Waals surface area contributed by atoms with Gasteiger partial charge in [-0.3, -0.25) is 4.99 Å². The molecule has 3 rings (SSSR count). The van der Waals surface area contributed by atoms with Crippen molar-refractivity contribution in [1.82, 2.24) is 10.2 Å². The Hall–Kier alpha value is -1.09. The summed E-state index contributed by atoms with van der Waals surface area (Å²) in [5.74, 6) is 0.778. The summed E-state index contributed by atoms with van der Waals surface area (Å²) in [4.78, 5) is 8.98. The van der Waals surface area contributed by atoms with Gasteiger partial charge < -0.3 is 19.9 Å². The number of rotatable bonds is 4. The summed E-state index contributed by atoms with van der Waals surface area (Å²) < 4.78 is 18.7. The van der Waals surface area contributed by atoms with E-state index in [0.29, 0.717) is 6.10 Å². The van der Waals surface area contributed by atoms with Crippen LogP contribution in [0.5, 0.6) is 0 Å². The summed E-state index contributed by atoms with van der Waals surface area (Å²) >= 11 is 0. The number of nitrogens with one attached hydrogen (secondary N) is 1. The van der Waals surface area contributed by atoms with Crippen molar-refractivity contribution in [2.75, 3.05) is 51.3 Å². The molecule has 2 aliphatic rings. The van der Waals surface area contributed by atoms with Crippen LogP contribution in [0.4, 0.5) is 10.1 Å². The van der Waals surface area contributed by atoms with Crippen LogP contribution < -0.4 is 10.2 Å². The molecule has 1 unspecified atom stereocenters. The molecule has 1 N–H and O–H groups in total. The van der Waals surface area contributed by atoms with E-state index in [2.05, 4.69) is 20.1 Å². The molecule has 1 aromatic rings. The Morgan fingerprint density at radius 1 is 1.24 bits per heavy atom. The van der Waals surface area contributed by atoms with Crippen LogP contribution in [-0.4, -0.2) is 63.3 Å². The average Bonchev–Trinajstić information content (AvgIpc) is 3.13. The molecule has 0 aliphatic carbocycles. The normalized spacial score (nSPS) is 21.2. The van der Waals surface area contributed by atoms with Crippen molar-refractivity contribution < 1.29 is 9.13 Å². The number of halogens is 2. The lowest BCUT2D eigenvalue weighted by Crippen LogP contribution is -2.52. The molecule has 7 heteroatoms. The minimum Gasteiger partial charge on any atom is -0.378 e. The summed E-state index contributed by atoms with van der Waals surface area (Å²) in [7, 11) is 1.83. The van der Waals surface area contributed by atoms with Gasteiger partial charge in [-0.1, -0.05) is 0 Å². The molecule has 0 bridgehead atoms. The number of piperazine rings is 1. The summed E-state index contributed by atoms with van der Waals surface area (Å²) in [6, 6.07) is 6.74. The van der Waals surface area contributed by atoms with Gasteiger partial charge in [-0.25, -0.2) is 4.39 Å². The number of aliphatic imine (C=N–C) groups is 1. The van der Waals surface area contributed by atoms with E-state index in [-0.39, 0.29) is 29.8 Å². The van der Waals surface area contributed by atoms with Crippen molar-refractivity contribution in [2.45, 2.75) is 25.4 Å². The molecule has 5 nitrogen and oxygen atoms in total. The topological polar surface area (TPSA) is 40.1 Å². The summed E-state index contributed by atoms with van der Waals surface area (Å²) in [6.45, 7) is 5.46.